The van der Waals surface area contributed by atoms with Crippen molar-refractivity contribution in [2.75, 3.05) is 20.1 Å². The zero-order valence-electron chi connectivity index (χ0n) is 16.0. The molecule has 2 rings (SSSR count). The summed E-state index contributed by atoms with van der Waals surface area (Å²) in [6.45, 7) is 8.24. The second kappa shape index (κ2) is 10.8. The largest absolute Gasteiger partial charge is 0.357 e. The number of nitrogens with zero attached hydrogens (tertiary/aromatic N) is 5. The highest BCUT2D eigenvalue weighted by Crippen LogP contribution is 2.14. The van der Waals surface area contributed by atoms with Gasteiger partial charge in [-0.3, -0.25) is 4.99 Å². The highest BCUT2D eigenvalue weighted by Gasteiger charge is 2.11. The molecular formula is C17H28ClIN6O. The van der Waals surface area contributed by atoms with Gasteiger partial charge in [0.15, 0.2) is 11.8 Å². The Morgan fingerprint density at radius 2 is 2.19 bits per heavy atom. The van der Waals surface area contributed by atoms with Gasteiger partial charge in [0.05, 0.1) is 18.1 Å². The van der Waals surface area contributed by atoms with Crippen molar-refractivity contribution in [2.45, 2.75) is 39.7 Å². The quantitative estimate of drug-likeness (QED) is 0.363. The van der Waals surface area contributed by atoms with E-state index in [-0.39, 0.29) is 29.9 Å². The molecule has 0 bridgehead atoms. The van der Waals surface area contributed by atoms with Crippen LogP contribution in [0.4, 0.5) is 0 Å². The van der Waals surface area contributed by atoms with Crippen molar-refractivity contribution in [3.63, 3.8) is 0 Å². The Balaban J connectivity index is 0.00000338. The molecule has 0 aliphatic rings. The van der Waals surface area contributed by atoms with Gasteiger partial charge in [-0.1, -0.05) is 30.6 Å². The van der Waals surface area contributed by atoms with Gasteiger partial charge in [0, 0.05) is 44.9 Å². The number of rotatable bonds is 7. The van der Waals surface area contributed by atoms with E-state index in [4.69, 9.17) is 16.1 Å². The van der Waals surface area contributed by atoms with Crippen molar-refractivity contribution in [2.24, 2.45) is 12.0 Å². The Kier molecular flexibility index (Phi) is 9.42. The third-order valence-corrected chi connectivity index (χ3v) is 3.96. The minimum atomic E-state index is 0. The van der Waals surface area contributed by atoms with Gasteiger partial charge in [-0.25, -0.2) is 0 Å². The van der Waals surface area contributed by atoms with Crippen molar-refractivity contribution in [3.05, 3.63) is 34.7 Å². The van der Waals surface area contributed by atoms with Crippen LogP contribution >= 0.6 is 35.6 Å². The van der Waals surface area contributed by atoms with E-state index < -0.39 is 0 Å². The fourth-order valence-corrected chi connectivity index (χ4v) is 2.64. The lowest BCUT2D eigenvalue weighted by molar-refractivity contribution is 0.372. The summed E-state index contributed by atoms with van der Waals surface area (Å²) >= 11 is 6.06. The lowest BCUT2D eigenvalue weighted by Gasteiger charge is -2.22. The topological polar surface area (TPSA) is 71.5 Å². The summed E-state index contributed by atoms with van der Waals surface area (Å²) in [7, 11) is 3.99. The molecule has 1 N–H and O–H groups in total. The SMILES string of the molecule is CCNC(=NCCc1nc(C(C)C)no1)N(C)Cc1cc(Cl)cn1C.I. The average molecular weight is 495 g/mol. The first-order valence-electron chi connectivity index (χ1n) is 8.53. The van der Waals surface area contributed by atoms with Crippen LogP contribution in [0.1, 0.15) is 44.1 Å². The third kappa shape index (κ3) is 6.46. The molecule has 0 aromatic carbocycles. The van der Waals surface area contributed by atoms with E-state index >= 15 is 0 Å². The summed E-state index contributed by atoms with van der Waals surface area (Å²) < 4.78 is 7.28. The number of halogens is 2. The predicted octanol–water partition coefficient (Wildman–Crippen LogP) is 3.44. The highest BCUT2D eigenvalue weighted by atomic mass is 127. The Morgan fingerprint density at radius 3 is 2.73 bits per heavy atom. The van der Waals surface area contributed by atoms with Gasteiger partial charge in [0.1, 0.15) is 0 Å². The standard InChI is InChI=1S/C17H27ClN6O.HI/c1-6-19-17(24(5)11-14-9-13(18)10-23(14)4)20-8-7-15-21-16(12(2)3)22-25-15;/h9-10,12H,6-8,11H2,1-5H3,(H,19,20);1H. The molecule has 0 fully saturated rings. The van der Waals surface area contributed by atoms with Gasteiger partial charge < -0.3 is 19.3 Å². The second-order valence-electron chi connectivity index (χ2n) is 6.30. The normalized spacial score (nSPS) is 11.6. The zero-order chi connectivity index (χ0) is 18.4. The first-order chi connectivity index (χ1) is 11.9. The Labute approximate surface area is 177 Å². The molecule has 0 radical (unpaired) electrons. The first-order valence-corrected chi connectivity index (χ1v) is 8.91. The number of nitrogens with one attached hydrogen (secondary N) is 1. The summed E-state index contributed by atoms with van der Waals surface area (Å²) in [6.07, 6.45) is 2.52. The van der Waals surface area contributed by atoms with Crippen LogP contribution in [0.3, 0.4) is 0 Å². The molecule has 146 valence electrons. The minimum Gasteiger partial charge on any atom is -0.357 e. The molecule has 2 aromatic heterocycles. The van der Waals surface area contributed by atoms with Gasteiger partial charge in [-0.15, -0.1) is 24.0 Å². The maximum absolute atomic E-state index is 6.06. The minimum absolute atomic E-state index is 0. The summed E-state index contributed by atoms with van der Waals surface area (Å²) in [4.78, 5) is 11.1. The van der Waals surface area contributed by atoms with E-state index in [1.165, 1.54) is 0 Å². The molecule has 0 saturated carbocycles. The summed E-state index contributed by atoms with van der Waals surface area (Å²) in [5, 5.41) is 8.02. The fraction of sp³-hybridized carbons (Fsp3) is 0.588. The van der Waals surface area contributed by atoms with Crippen LogP contribution in [0.2, 0.25) is 5.02 Å². The van der Waals surface area contributed by atoms with Gasteiger partial charge in [0.2, 0.25) is 5.89 Å². The zero-order valence-corrected chi connectivity index (χ0v) is 19.1. The summed E-state index contributed by atoms with van der Waals surface area (Å²) in [5.74, 6) is 2.47. The van der Waals surface area contributed by atoms with Gasteiger partial charge in [-0.05, 0) is 13.0 Å². The lowest BCUT2D eigenvalue weighted by atomic mass is 10.2. The molecule has 0 atom stereocenters. The van der Waals surface area contributed by atoms with Crippen LogP contribution in [0.15, 0.2) is 21.8 Å². The van der Waals surface area contributed by atoms with Gasteiger partial charge in [0.25, 0.3) is 0 Å². The number of aromatic nitrogens is 3. The molecule has 0 spiro atoms. The molecule has 9 heteroatoms. The van der Waals surface area contributed by atoms with E-state index in [1.807, 2.05) is 44.8 Å². The van der Waals surface area contributed by atoms with Gasteiger partial charge in [-0.2, -0.15) is 4.98 Å². The Hall–Kier alpha value is -1.29. The molecule has 2 heterocycles. The van der Waals surface area contributed by atoms with Crippen LogP contribution in [-0.4, -0.2) is 45.7 Å². The first kappa shape index (κ1) is 22.8. The smallest absolute Gasteiger partial charge is 0.228 e. The number of hydrogen-bond acceptors (Lipinski definition) is 4. The maximum Gasteiger partial charge on any atom is 0.228 e. The van der Waals surface area contributed by atoms with Crippen LogP contribution in [0.5, 0.6) is 0 Å². The molecule has 0 amide bonds. The molecular weight excluding hydrogens is 467 g/mol. The molecule has 0 aliphatic heterocycles. The lowest BCUT2D eigenvalue weighted by Crippen LogP contribution is -2.39. The molecule has 2 aromatic rings. The molecule has 0 unspecified atom stereocenters. The molecule has 0 aliphatic carbocycles. The van der Waals surface area contributed by atoms with E-state index in [1.54, 1.807) is 0 Å². The van der Waals surface area contributed by atoms with E-state index in [9.17, 15) is 0 Å². The maximum atomic E-state index is 6.06. The highest BCUT2D eigenvalue weighted by molar-refractivity contribution is 14.0. The molecule has 7 nitrogen and oxygen atoms in total. The van der Waals surface area contributed by atoms with E-state index in [0.717, 1.165) is 29.0 Å². The number of aryl methyl sites for hydroxylation is 1. The third-order valence-electron chi connectivity index (χ3n) is 3.76. The number of hydrogen-bond donors (Lipinski definition) is 1. The van der Waals surface area contributed by atoms with Crippen molar-refractivity contribution >= 4 is 41.5 Å². The van der Waals surface area contributed by atoms with E-state index in [0.29, 0.717) is 25.4 Å². The summed E-state index contributed by atoms with van der Waals surface area (Å²) in [5.41, 5.74) is 1.12. The van der Waals surface area contributed by atoms with Crippen LogP contribution in [0, 0.1) is 0 Å². The van der Waals surface area contributed by atoms with Crippen molar-refractivity contribution in [3.8, 4) is 0 Å². The molecule has 0 saturated heterocycles. The Bertz CT molecular complexity index is 712. The van der Waals surface area contributed by atoms with Crippen LogP contribution < -0.4 is 5.32 Å². The van der Waals surface area contributed by atoms with Crippen LogP contribution in [0.25, 0.3) is 0 Å². The predicted molar refractivity (Wildman–Crippen MR) is 115 cm³/mol. The van der Waals surface area contributed by atoms with Crippen LogP contribution in [-0.2, 0) is 20.0 Å². The van der Waals surface area contributed by atoms with Crippen molar-refractivity contribution in [1.29, 1.82) is 0 Å². The van der Waals surface area contributed by atoms with E-state index in [2.05, 4.69) is 32.3 Å². The average Bonchev–Trinajstić information content (AvgIpc) is 3.13. The fourth-order valence-electron chi connectivity index (χ4n) is 2.37. The molecule has 26 heavy (non-hydrogen) atoms. The van der Waals surface area contributed by atoms with Crippen molar-refractivity contribution < 1.29 is 4.52 Å². The van der Waals surface area contributed by atoms with Crippen molar-refractivity contribution in [1.82, 2.24) is 24.9 Å². The number of guanidine groups is 1. The van der Waals surface area contributed by atoms with Gasteiger partial charge >= 0.3 is 0 Å². The monoisotopic (exact) mass is 494 g/mol. The second-order valence-corrected chi connectivity index (χ2v) is 6.74. The summed E-state index contributed by atoms with van der Waals surface area (Å²) in [6, 6.07) is 1.97. The Morgan fingerprint density at radius 1 is 1.46 bits per heavy atom. The number of aliphatic imine (C=N–C) groups is 1.